The molecule has 1 aromatic heterocycles. The molecule has 0 saturated carbocycles. The van der Waals surface area contributed by atoms with Crippen molar-refractivity contribution in [3.8, 4) is 5.69 Å². The van der Waals surface area contributed by atoms with Crippen LogP contribution in [-0.2, 0) is 27.5 Å². The lowest BCUT2D eigenvalue weighted by atomic mass is 10.1. The van der Waals surface area contributed by atoms with E-state index >= 15 is 0 Å². The second-order valence-electron chi connectivity index (χ2n) is 9.54. The number of hydrogen-bond acceptors (Lipinski definition) is 4. The molecule has 41 heavy (non-hydrogen) atoms. The van der Waals surface area contributed by atoms with Crippen molar-refractivity contribution in [3.05, 3.63) is 119 Å². The lowest BCUT2D eigenvalue weighted by Crippen LogP contribution is -2.39. The monoisotopic (exact) mass is 582 g/mol. The Morgan fingerprint density at radius 1 is 0.951 bits per heavy atom. The van der Waals surface area contributed by atoms with Crippen LogP contribution in [0.25, 0.3) is 5.69 Å². The first-order valence-electron chi connectivity index (χ1n) is 12.7. The molecule has 0 bridgehead atoms. The van der Waals surface area contributed by atoms with E-state index < -0.39 is 34.2 Å². The average molecular weight is 583 g/mol. The number of benzene rings is 3. The summed E-state index contributed by atoms with van der Waals surface area (Å²) in [6.45, 7) is 4.64. The minimum absolute atomic E-state index is 0.0171. The Morgan fingerprint density at radius 2 is 1.59 bits per heavy atom. The van der Waals surface area contributed by atoms with Crippen LogP contribution in [0.3, 0.4) is 0 Å². The fourth-order valence-electron chi connectivity index (χ4n) is 4.44. The number of carbonyl (C=O) groups is 1. The first-order chi connectivity index (χ1) is 19.4. The normalized spacial score (nSPS) is 12.3. The van der Waals surface area contributed by atoms with Gasteiger partial charge in [-0.15, -0.1) is 0 Å². The molecule has 4 aromatic rings. The summed E-state index contributed by atoms with van der Waals surface area (Å²) < 4.78 is 70.2. The van der Waals surface area contributed by atoms with Gasteiger partial charge in [-0.3, -0.25) is 4.79 Å². The Labute approximate surface area is 237 Å². The van der Waals surface area contributed by atoms with Gasteiger partial charge in [-0.25, -0.2) is 13.8 Å². The van der Waals surface area contributed by atoms with Gasteiger partial charge in [0.05, 0.1) is 28.9 Å². The van der Waals surface area contributed by atoms with Gasteiger partial charge in [-0.05, 0) is 56.7 Å². The number of amides is 1. The summed E-state index contributed by atoms with van der Waals surface area (Å²) in [5.74, 6) is -0.677. The molecular formula is C30H29F3N4O3S. The van der Waals surface area contributed by atoms with E-state index in [0.29, 0.717) is 22.5 Å². The van der Waals surface area contributed by atoms with Gasteiger partial charge in [0.15, 0.2) is 0 Å². The molecule has 11 heteroatoms. The highest BCUT2D eigenvalue weighted by Crippen LogP contribution is 2.35. The van der Waals surface area contributed by atoms with Crippen LogP contribution >= 0.6 is 0 Å². The number of aromatic nitrogens is 1. The molecule has 0 unspecified atom stereocenters. The number of hydrogen-bond donors (Lipinski definition) is 1. The number of halogens is 3. The van der Waals surface area contributed by atoms with Crippen molar-refractivity contribution in [2.24, 2.45) is 5.10 Å². The lowest BCUT2D eigenvalue weighted by Gasteiger charge is -2.21. The number of hydrazone groups is 1. The fourth-order valence-corrected chi connectivity index (χ4v) is 5.82. The van der Waals surface area contributed by atoms with Crippen LogP contribution in [0.2, 0.25) is 0 Å². The molecule has 1 heterocycles. The number of carbonyl (C=O) groups excluding carboxylic acids is 1. The molecule has 0 aliphatic rings. The van der Waals surface area contributed by atoms with E-state index in [0.717, 1.165) is 15.9 Å². The third kappa shape index (κ3) is 6.93. The van der Waals surface area contributed by atoms with E-state index in [-0.39, 0.29) is 17.1 Å². The molecular weight excluding hydrogens is 553 g/mol. The number of sulfonamides is 1. The van der Waals surface area contributed by atoms with Crippen molar-refractivity contribution < 1.29 is 26.4 Å². The van der Waals surface area contributed by atoms with Gasteiger partial charge >= 0.3 is 6.18 Å². The summed E-state index contributed by atoms with van der Waals surface area (Å²) in [5, 5.41) is 3.97. The number of aryl methyl sites for hydroxylation is 2. The molecule has 0 atom stereocenters. The van der Waals surface area contributed by atoms with Gasteiger partial charge in [0.25, 0.3) is 5.91 Å². The van der Waals surface area contributed by atoms with Crippen molar-refractivity contribution in [2.45, 2.75) is 38.4 Å². The van der Waals surface area contributed by atoms with Gasteiger partial charge in [0, 0.05) is 23.5 Å². The average Bonchev–Trinajstić information content (AvgIpc) is 3.21. The summed E-state index contributed by atoms with van der Waals surface area (Å²) >= 11 is 0. The van der Waals surface area contributed by atoms with E-state index in [1.54, 1.807) is 56.3 Å². The first kappa shape index (κ1) is 29.8. The second-order valence-corrected chi connectivity index (χ2v) is 11.5. The molecule has 0 fully saturated rings. The van der Waals surface area contributed by atoms with Crippen molar-refractivity contribution in [3.63, 3.8) is 0 Å². The zero-order valence-electron chi connectivity index (χ0n) is 22.7. The van der Waals surface area contributed by atoms with Gasteiger partial charge in [0.1, 0.15) is 0 Å². The molecule has 3 aromatic carbocycles. The van der Waals surface area contributed by atoms with Gasteiger partial charge in [-0.2, -0.15) is 22.6 Å². The Kier molecular flexibility index (Phi) is 8.79. The highest BCUT2D eigenvalue weighted by molar-refractivity contribution is 7.89. The summed E-state index contributed by atoms with van der Waals surface area (Å²) in [6.07, 6.45) is -3.21. The highest BCUT2D eigenvalue weighted by atomic mass is 32.2. The van der Waals surface area contributed by atoms with Crippen molar-refractivity contribution >= 4 is 22.1 Å². The minimum Gasteiger partial charge on any atom is -0.317 e. The van der Waals surface area contributed by atoms with Gasteiger partial charge in [0.2, 0.25) is 10.0 Å². The van der Waals surface area contributed by atoms with E-state index in [1.807, 2.05) is 13.0 Å². The summed E-state index contributed by atoms with van der Waals surface area (Å²) in [5.41, 5.74) is 4.68. The quantitative estimate of drug-likeness (QED) is 0.201. The summed E-state index contributed by atoms with van der Waals surface area (Å²) in [7, 11) is -4.02. The predicted octanol–water partition coefficient (Wildman–Crippen LogP) is 5.76. The second kappa shape index (κ2) is 12.1. The smallest absolute Gasteiger partial charge is 0.317 e. The Morgan fingerprint density at radius 3 is 2.24 bits per heavy atom. The topological polar surface area (TPSA) is 83.8 Å². The van der Waals surface area contributed by atoms with E-state index in [2.05, 4.69) is 10.5 Å². The van der Waals surface area contributed by atoms with E-state index in [4.69, 9.17) is 0 Å². The lowest BCUT2D eigenvalue weighted by molar-refractivity contribution is -0.137. The number of rotatable bonds is 9. The molecule has 1 N–H and O–H groups in total. The van der Waals surface area contributed by atoms with Crippen LogP contribution in [0.1, 0.15) is 33.6 Å². The number of alkyl halides is 3. The molecule has 0 aliphatic carbocycles. The van der Waals surface area contributed by atoms with Crippen LogP contribution in [0.5, 0.6) is 0 Å². The largest absolute Gasteiger partial charge is 0.418 e. The zero-order valence-corrected chi connectivity index (χ0v) is 23.5. The number of para-hydroxylation sites is 1. The predicted molar refractivity (Wildman–Crippen MR) is 151 cm³/mol. The van der Waals surface area contributed by atoms with Crippen molar-refractivity contribution in [1.29, 1.82) is 0 Å². The maximum absolute atomic E-state index is 13.6. The maximum Gasteiger partial charge on any atom is 0.418 e. The first-order valence-corrected chi connectivity index (χ1v) is 14.1. The Bertz CT molecular complexity index is 1660. The van der Waals surface area contributed by atoms with Crippen molar-refractivity contribution in [2.75, 3.05) is 6.54 Å². The standard InChI is InChI=1S/C30H29F3N4O3S/c1-21-13-15-26(16-14-21)41(39,40)36(19-24-9-5-4-6-10-24)20-29(38)35-34-18-25-17-22(2)37(23(25)3)28-12-8-7-11-27(28)30(31,32)33/h4-18H,19-20H2,1-3H3,(H,35,38)/b34-18+. The van der Waals surface area contributed by atoms with Crippen molar-refractivity contribution in [1.82, 2.24) is 14.3 Å². The molecule has 0 aliphatic heterocycles. The molecule has 1 amide bonds. The molecule has 0 spiro atoms. The molecule has 0 radical (unpaired) electrons. The molecule has 0 saturated heterocycles. The van der Waals surface area contributed by atoms with Crippen LogP contribution in [0.4, 0.5) is 13.2 Å². The van der Waals surface area contributed by atoms with Crippen LogP contribution in [0, 0.1) is 20.8 Å². The van der Waals surface area contributed by atoms with Gasteiger partial charge in [-0.1, -0.05) is 60.2 Å². The zero-order chi connectivity index (χ0) is 29.8. The third-order valence-electron chi connectivity index (χ3n) is 6.49. The minimum atomic E-state index is -4.54. The molecule has 4 rings (SSSR count). The summed E-state index contributed by atoms with van der Waals surface area (Å²) in [4.78, 5) is 12.9. The van der Waals surface area contributed by atoms with Crippen LogP contribution in [0.15, 0.2) is 94.9 Å². The number of nitrogens with zero attached hydrogens (tertiary/aromatic N) is 3. The van der Waals surface area contributed by atoms with Gasteiger partial charge < -0.3 is 4.57 Å². The molecule has 7 nitrogen and oxygen atoms in total. The Hall–Kier alpha value is -4.22. The van der Waals surface area contributed by atoms with E-state index in [1.165, 1.54) is 41.1 Å². The van der Waals surface area contributed by atoms with E-state index in [9.17, 15) is 26.4 Å². The third-order valence-corrected chi connectivity index (χ3v) is 8.30. The maximum atomic E-state index is 13.6. The van der Waals surface area contributed by atoms with Crippen LogP contribution in [-0.4, -0.2) is 36.0 Å². The number of nitrogens with one attached hydrogen (secondary N) is 1. The molecule has 214 valence electrons. The highest BCUT2D eigenvalue weighted by Gasteiger charge is 2.34. The fraction of sp³-hybridized carbons (Fsp3) is 0.200. The SMILES string of the molecule is Cc1ccc(S(=O)(=O)N(CC(=O)N/N=C/c2cc(C)n(-c3ccccc3C(F)(F)F)c2C)Cc2ccccc2)cc1. The Balaban J connectivity index is 1.54. The summed E-state index contributed by atoms with van der Waals surface area (Å²) in [6, 6.07) is 22.2. The van der Waals surface area contributed by atoms with Crippen LogP contribution < -0.4 is 5.43 Å².